The van der Waals surface area contributed by atoms with Crippen LogP contribution >= 0.6 is 0 Å². The quantitative estimate of drug-likeness (QED) is 0.491. The number of nitrogens with one attached hydrogen (secondary N) is 1. The van der Waals surface area contributed by atoms with Crippen LogP contribution in [0.1, 0.15) is 17.5 Å². The molecule has 0 atom stereocenters. The third kappa shape index (κ3) is 3.82. The number of hydrogen-bond acceptors (Lipinski definition) is 3. The number of nitro groups is 1. The number of anilines is 1. The average Bonchev–Trinajstić information content (AvgIpc) is 2.45. The third-order valence-corrected chi connectivity index (χ3v) is 3.15. The monoisotopic (exact) mass is 270 g/mol. The van der Waals surface area contributed by atoms with Crippen molar-refractivity contribution >= 4 is 11.4 Å². The van der Waals surface area contributed by atoms with Gasteiger partial charge in [-0.2, -0.15) is 0 Å². The molecule has 0 fully saturated rings. The molecule has 0 spiro atoms. The van der Waals surface area contributed by atoms with Crippen molar-refractivity contribution in [1.29, 1.82) is 0 Å². The lowest BCUT2D eigenvalue weighted by Crippen LogP contribution is -2.05. The minimum absolute atomic E-state index is 0.143. The summed E-state index contributed by atoms with van der Waals surface area (Å²) < 4.78 is 0. The Morgan fingerprint density at radius 1 is 1.15 bits per heavy atom. The molecule has 0 aromatic heterocycles. The Balaban J connectivity index is 1.90. The van der Waals surface area contributed by atoms with E-state index in [9.17, 15) is 10.1 Å². The molecular formula is C16H18N2O2. The first-order valence-electron chi connectivity index (χ1n) is 6.69. The maximum atomic E-state index is 11.0. The first-order valence-corrected chi connectivity index (χ1v) is 6.69. The predicted octanol–water partition coefficient (Wildman–Crippen LogP) is 3.95. The van der Waals surface area contributed by atoms with Gasteiger partial charge in [0.05, 0.1) is 4.92 Å². The van der Waals surface area contributed by atoms with E-state index in [1.54, 1.807) is 12.1 Å². The van der Waals surface area contributed by atoms with E-state index in [2.05, 4.69) is 17.4 Å². The van der Waals surface area contributed by atoms with E-state index in [0.717, 1.165) is 24.9 Å². The van der Waals surface area contributed by atoms with Crippen molar-refractivity contribution in [2.45, 2.75) is 19.8 Å². The van der Waals surface area contributed by atoms with Crippen molar-refractivity contribution in [3.8, 4) is 0 Å². The zero-order chi connectivity index (χ0) is 14.4. The number of benzene rings is 2. The van der Waals surface area contributed by atoms with Crippen LogP contribution in [0.25, 0.3) is 0 Å². The topological polar surface area (TPSA) is 55.2 Å². The highest BCUT2D eigenvalue weighted by molar-refractivity contribution is 5.62. The van der Waals surface area contributed by atoms with Gasteiger partial charge in [-0.05, 0) is 37.0 Å². The Hall–Kier alpha value is -2.36. The van der Waals surface area contributed by atoms with Crippen LogP contribution in [0.5, 0.6) is 0 Å². The Bertz CT molecular complexity index is 582. The van der Waals surface area contributed by atoms with Crippen LogP contribution in [0.4, 0.5) is 11.4 Å². The molecule has 0 saturated heterocycles. The van der Waals surface area contributed by atoms with Crippen LogP contribution in [-0.4, -0.2) is 11.5 Å². The van der Waals surface area contributed by atoms with Gasteiger partial charge in [-0.25, -0.2) is 0 Å². The molecule has 0 bridgehead atoms. The second-order valence-corrected chi connectivity index (χ2v) is 4.79. The lowest BCUT2D eigenvalue weighted by Gasteiger charge is -2.07. The van der Waals surface area contributed by atoms with Gasteiger partial charge in [-0.3, -0.25) is 10.1 Å². The largest absolute Gasteiger partial charge is 0.379 e. The van der Waals surface area contributed by atoms with Crippen LogP contribution in [0, 0.1) is 17.0 Å². The number of aryl methyl sites for hydroxylation is 2. The van der Waals surface area contributed by atoms with E-state index >= 15 is 0 Å². The summed E-state index contributed by atoms with van der Waals surface area (Å²) in [6, 6.07) is 15.5. The summed E-state index contributed by atoms with van der Waals surface area (Å²) in [6.45, 7) is 2.57. The van der Waals surface area contributed by atoms with Crippen LogP contribution in [-0.2, 0) is 6.42 Å². The number of nitrogens with zero attached hydrogens (tertiary/aromatic N) is 1. The molecule has 2 aromatic rings. The fourth-order valence-corrected chi connectivity index (χ4v) is 2.10. The first-order chi connectivity index (χ1) is 9.66. The number of rotatable bonds is 6. The molecule has 2 aromatic carbocycles. The van der Waals surface area contributed by atoms with Gasteiger partial charge in [0, 0.05) is 12.6 Å². The SMILES string of the molecule is Cc1ccc(NCCCc2ccccc2)c([N+](=O)[O-])c1. The van der Waals surface area contributed by atoms with Crippen molar-refractivity contribution in [2.75, 3.05) is 11.9 Å². The molecule has 0 aliphatic heterocycles. The Morgan fingerprint density at radius 2 is 1.90 bits per heavy atom. The van der Waals surface area contributed by atoms with Gasteiger partial charge in [-0.15, -0.1) is 0 Å². The van der Waals surface area contributed by atoms with E-state index in [1.165, 1.54) is 5.56 Å². The minimum Gasteiger partial charge on any atom is -0.379 e. The first kappa shape index (κ1) is 14.1. The molecule has 0 amide bonds. The molecule has 0 saturated carbocycles. The van der Waals surface area contributed by atoms with E-state index in [-0.39, 0.29) is 10.6 Å². The highest BCUT2D eigenvalue weighted by Gasteiger charge is 2.12. The summed E-state index contributed by atoms with van der Waals surface area (Å²) in [5, 5.41) is 14.1. The van der Waals surface area contributed by atoms with Gasteiger partial charge >= 0.3 is 0 Å². The highest BCUT2D eigenvalue weighted by atomic mass is 16.6. The number of nitro benzene ring substituents is 1. The van der Waals surface area contributed by atoms with Gasteiger partial charge in [-0.1, -0.05) is 36.4 Å². The van der Waals surface area contributed by atoms with Crippen molar-refractivity contribution in [1.82, 2.24) is 0 Å². The summed E-state index contributed by atoms with van der Waals surface area (Å²) in [7, 11) is 0. The van der Waals surface area contributed by atoms with Crippen molar-refractivity contribution in [3.63, 3.8) is 0 Å². The van der Waals surface area contributed by atoms with Crippen molar-refractivity contribution in [3.05, 3.63) is 69.8 Å². The summed E-state index contributed by atoms with van der Waals surface area (Å²) >= 11 is 0. The second kappa shape index (κ2) is 6.70. The van der Waals surface area contributed by atoms with Crippen LogP contribution in [0.3, 0.4) is 0 Å². The van der Waals surface area contributed by atoms with Gasteiger partial charge < -0.3 is 5.32 Å². The summed E-state index contributed by atoms with van der Waals surface area (Å²) in [5.74, 6) is 0. The van der Waals surface area contributed by atoms with Crippen molar-refractivity contribution in [2.24, 2.45) is 0 Å². The summed E-state index contributed by atoms with van der Waals surface area (Å²) in [6.07, 6.45) is 1.91. The maximum absolute atomic E-state index is 11.0. The zero-order valence-corrected chi connectivity index (χ0v) is 11.5. The Kier molecular flexibility index (Phi) is 4.71. The molecule has 0 radical (unpaired) electrons. The van der Waals surface area contributed by atoms with Crippen molar-refractivity contribution < 1.29 is 4.92 Å². The average molecular weight is 270 g/mol. The van der Waals surface area contributed by atoms with Crippen LogP contribution < -0.4 is 5.32 Å². The molecule has 0 heterocycles. The molecule has 0 aliphatic rings. The van der Waals surface area contributed by atoms with E-state index in [1.807, 2.05) is 31.2 Å². The van der Waals surface area contributed by atoms with Gasteiger partial charge in [0.2, 0.25) is 0 Å². The van der Waals surface area contributed by atoms with Gasteiger partial charge in [0.15, 0.2) is 0 Å². The fraction of sp³-hybridized carbons (Fsp3) is 0.250. The van der Waals surface area contributed by atoms with Crippen LogP contribution in [0.2, 0.25) is 0 Å². The molecule has 1 N–H and O–H groups in total. The molecule has 2 rings (SSSR count). The molecule has 20 heavy (non-hydrogen) atoms. The minimum atomic E-state index is -0.341. The van der Waals surface area contributed by atoms with Gasteiger partial charge in [0.1, 0.15) is 5.69 Å². The van der Waals surface area contributed by atoms with E-state index in [0.29, 0.717) is 5.69 Å². The smallest absolute Gasteiger partial charge is 0.292 e. The molecule has 4 heteroatoms. The summed E-state index contributed by atoms with van der Waals surface area (Å²) in [5.41, 5.74) is 2.91. The van der Waals surface area contributed by atoms with E-state index in [4.69, 9.17) is 0 Å². The second-order valence-electron chi connectivity index (χ2n) is 4.79. The summed E-state index contributed by atoms with van der Waals surface area (Å²) in [4.78, 5) is 10.7. The normalized spacial score (nSPS) is 10.2. The molecule has 104 valence electrons. The third-order valence-electron chi connectivity index (χ3n) is 3.15. The lowest BCUT2D eigenvalue weighted by atomic mass is 10.1. The predicted molar refractivity (Wildman–Crippen MR) is 81.1 cm³/mol. The fourth-order valence-electron chi connectivity index (χ4n) is 2.10. The molecule has 0 unspecified atom stereocenters. The Labute approximate surface area is 118 Å². The van der Waals surface area contributed by atoms with E-state index < -0.39 is 0 Å². The molecular weight excluding hydrogens is 252 g/mol. The Morgan fingerprint density at radius 3 is 2.60 bits per heavy atom. The number of hydrogen-bond donors (Lipinski definition) is 1. The standard InChI is InChI=1S/C16H18N2O2/c1-13-9-10-15(16(12-13)18(19)20)17-11-5-8-14-6-3-2-4-7-14/h2-4,6-7,9-10,12,17H,5,8,11H2,1H3. The molecule has 0 aliphatic carbocycles. The lowest BCUT2D eigenvalue weighted by molar-refractivity contribution is -0.384. The van der Waals surface area contributed by atoms with Gasteiger partial charge in [0.25, 0.3) is 5.69 Å². The molecule has 4 nitrogen and oxygen atoms in total. The van der Waals surface area contributed by atoms with Crippen LogP contribution in [0.15, 0.2) is 48.5 Å². The zero-order valence-electron chi connectivity index (χ0n) is 11.5. The highest BCUT2D eigenvalue weighted by Crippen LogP contribution is 2.25. The maximum Gasteiger partial charge on any atom is 0.292 e.